The fourth-order valence-corrected chi connectivity index (χ4v) is 4.18. The van der Waals surface area contributed by atoms with E-state index >= 15 is 0 Å². The van der Waals surface area contributed by atoms with Gasteiger partial charge < -0.3 is 19.9 Å². The molecule has 6 nitrogen and oxygen atoms in total. The summed E-state index contributed by atoms with van der Waals surface area (Å²) in [5, 5.41) is 14.1. The van der Waals surface area contributed by atoms with Crippen LogP contribution in [0.3, 0.4) is 0 Å². The number of aliphatic hydroxyl groups excluding tert-OH is 1. The third-order valence-electron chi connectivity index (χ3n) is 6.07. The average molecular weight is 491 g/mol. The molecule has 0 saturated carbocycles. The Hall–Kier alpha value is -3.62. The second kappa shape index (κ2) is 10.3. The number of nitrogens with one attached hydrogen (secondary N) is 1. The predicted molar refractivity (Wildman–Crippen MR) is 139 cm³/mol. The molecule has 4 aromatic rings. The number of aromatic nitrogens is 2. The zero-order chi connectivity index (χ0) is 23.7. The Morgan fingerprint density at radius 2 is 1.69 bits per heavy atom. The number of benzene rings is 3. The number of hydrogen-bond donors (Lipinski definition) is 2. The van der Waals surface area contributed by atoms with Crippen molar-refractivity contribution in [2.45, 2.75) is 26.1 Å². The monoisotopic (exact) mass is 490 g/mol. The van der Waals surface area contributed by atoms with Gasteiger partial charge in [0.25, 0.3) is 5.91 Å². The van der Waals surface area contributed by atoms with Gasteiger partial charge in [0.2, 0.25) is 0 Å². The molecule has 1 amide bonds. The van der Waals surface area contributed by atoms with Crippen molar-refractivity contribution >= 4 is 30.9 Å². The Morgan fingerprint density at radius 1 is 1.00 bits per heavy atom. The molecule has 2 N–H and O–H groups in total. The number of amides is 1. The van der Waals surface area contributed by atoms with Gasteiger partial charge in [-0.1, -0.05) is 48.0 Å². The maximum Gasteiger partial charge on any atom is 0.256 e. The first-order valence-corrected chi connectivity index (χ1v) is 11.2. The van der Waals surface area contributed by atoms with Gasteiger partial charge in [0, 0.05) is 24.3 Å². The van der Waals surface area contributed by atoms with Crippen molar-refractivity contribution in [3.63, 3.8) is 0 Å². The molecule has 0 spiro atoms. The maximum atomic E-state index is 13.6. The van der Waals surface area contributed by atoms with E-state index in [0.29, 0.717) is 30.2 Å². The molecule has 0 radical (unpaired) electrons. The molecule has 5 rings (SSSR count). The van der Waals surface area contributed by atoms with Crippen molar-refractivity contribution in [3.8, 4) is 11.3 Å². The number of carbonyl (C=O) groups excluding carboxylic acids is 1. The molecule has 0 saturated heterocycles. The molecule has 1 aliphatic rings. The van der Waals surface area contributed by atoms with Crippen LogP contribution >= 0.6 is 13.5 Å². The van der Waals surface area contributed by atoms with Crippen LogP contribution in [0.2, 0.25) is 0 Å². The zero-order valence-electron chi connectivity index (χ0n) is 19.3. The molecule has 2 heterocycles. The highest BCUT2D eigenvalue weighted by Crippen LogP contribution is 2.34. The van der Waals surface area contributed by atoms with Crippen LogP contribution in [-0.4, -0.2) is 32.0 Å². The molecule has 180 valence electrons. The molecular weight excluding hydrogens is 463 g/mol. The van der Waals surface area contributed by atoms with Crippen LogP contribution in [-0.2, 0) is 17.9 Å². The molecule has 3 aromatic carbocycles. The first-order chi connectivity index (χ1) is 16.5. The predicted octanol–water partition coefficient (Wildman–Crippen LogP) is 4.93. The van der Waals surface area contributed by atoms with E-state index in [0.717, 1.165) is 22.6 Å². The number of hydrogen-bond acceptors (Lipinski definition) is 4. The minimum absolute atomic E-state index is 0. The van der Waals surface area contributed by atoms with Crippen molar-refractivity contribution in [2.24, 2.45) is 0 Å². The quantitative estimate of drug-likeness (QED) is 0.416. The first-order valence-electron chi connectivity index (χ1n) is 11.2. The van der Waals surface area contributed by atoms with E-state index in [1.165, 1.54) is 12.1 Å². The van der Waals surface area contributed by atoms with Crippen LogP contribution in [0.1, 0.15) is 23.1 Å². The second-order valence-corrected chi connectivity index (χ2v) is 8.45. The number of anilines is 2. The standard InChI is InChI=1S/C27H25FN4O2.H2S/c1-18-7-13-22(14-8-18)29-26-24(19-9-11-21(28)12-10-19)30-23-17-31(15-16-32(23)26)27(34)25(33)20-5-3-2-4-6-20;/h2-14,25,29,33H,15-17H2,1H3;1H2/t25-;/m0./s1. The van der Waals surface area contributed by atoms with Crippen molar-refractivity contribution in [1.82, 2.24) is 14.5 Å². The first kappa shape index (κ1) is 24.5. The molecule has 1 aromatic heterocycles. The van der Waals surface area contributed by atoms with E-state index in [4.69, 9.17) is 4.98 Å². The lowest BCUT2D eigenvalue weighted by Crippen LogP contribution is -2.41. The van der Waals surface area contributed by atoms with Crippen LogP contribution < -0.4 is 5.32 Å². The van der Waals surface area contributed by atoms with Crippen LogP contribution in [0, 0.1) is 12.7 Å². The summed E-state index contributed by atoms with van der Waals surface area (Å²) >= 11 is 0. The van der Waals surface area contributed by atoms with Gasteiger partial charge in [0.1, 0.15) is 23.2 Å². The van der Waals surface area contributed by atoms with Gasteiger partial charge in [-0.25, -0.2) is 9.37 Å². The highest BCUT2D eigenvalue weighted by molar-refractivity contribution is 7.59. The topological polar surface area (TPSA) is 70.4 Å². The van der Waals surface area contributed by atoms with Crippen LogP contribution in [0.25, 0.3) is 11.3 Å². The number of nitrogens with zero attached hydrogens (tertiary/aromatic N) is 3. The molecule has 8 heteroatoms. The minimum atomic E-state index is -1.22. The third-order valence-corrected chi connectivity index (χ3v) is 6.07. The summed E-state index contributed by atoms with van der Waals surface area (Å²) in [6.07, 6.45) is -1.22. The van der Waals surface area contributed by atoms with Gasteiger partial charge in [-0.2, -0.15) is 13.5 Å². The molecule has 0 bridgehead atoms. The highest BCUT2D eigenvalue weighted by Gasteiger charge is 2.30. The summed E-state index contributed by atoms with van der Waals surface area (Å²) in [5.74, 6) is 0.833. The Bertz CT molecular complexity index is 1310. The summed E-state index contributed by atoms with van der Waals surface area (Å²) in [5.41, 5.74) is 4.10. The lowest BCUT2D eigenvalue weighted by atomic mass is 10.1. The number of carbonyl (C=O) groups is 1. The Morgan fingerprint density at radius 3 is 2.37 bits per heavy atom. The van der Waals surface area contributed by atoms with Crippen LogP contribution in [0.15, 0.2) is 78.9 Å². The number of imidazole rings is 1. The van der Waals surface area contributed by atoms with Gasteiger partial charge in [0.05, 0.1) is 6.54 Å². The Balaban J connectivity index is 0.00000289. The second-order valence-electron chi connectivity index (χ2n) is 8.45. The van der Waals surface area contributed by atoms with Gasteiger partial charge >= 0.3 is 0 Å². The number of rotatable bonds is 5. The van der Waals surface area contributed by atoms with E-state index in [9.17, 15) is 14.3 Å². The van der Waals surface area contributed by atoms with Crippen molar-refractivity contribution in [1.29, 1.82) is 0 Å². The van der Waals surface area contributed by atoms with E-state index in [-0.39, 0.29) is 31.8 Å². The smallest absolute Gasteiger partial charge is 0.256 e. The van der Waals surface area contributed by atoms with E-state index in [2.05, 4.69) is 9.88 Å². The fraction of sp³-hybridized carbons (Fsp3) is 0.185. The molecule has 0 fully saturated rings. The lowest BCUT2D eigenvalue weighted by molar-refractivity contribution is -0.142. The van der Waals surface area contributed by atoms with Gasteiger partial charge in [-0.05, 0) is 48.9 Å². The summed E-state index contributed by atoms with van der Waals surface area (Å²) in [7, 11) is 0. The lowest BCUT2D eigenvalue weighted by Gasteiger charge is -2.30. The van der Waals surface area contributed by atoms with Crippen molar-refractivity contribution in [3.05, 3.63) is 102 Å². The SMILES string of the molecule is Cc1ccc(Nc2c(-c3ccc(F)cc3)nc3n2CCN(C(=O)[C@@H](O)c2ccccc2)C3)cc1.S. The molecule has 1 atom stereocenters. The fourth-order valence-electron chi connectivity index (χ4n) is 4.18. The number of halogens is 1. The summed E-state index contributed by atoms with van der Waals surface area (Å²) in [6, 6.07) is 23.2. The number of aliphatic hydroxyl groups is 1. The summed E-state index contributed by atoms with van der Waals surface area (Å²) in [4.78, 5) is 19.5. The highest BCUT2D eigenvalue weighted by atomic mass is 32.1. The normalized spacial score (nSPS) is 13.5. The Kier molecular flexibility index (Phi) is 7.23. The van der Waals surface area contributed by atoms with E-state index < -0.39 is 6.10 Å². The zero-order valence-corrected chi connectivity index (χ0v) is 20.3. The maximum absolute atomic E-state index is 13.6. The molecular formula is C27H27FN4O2S. The molecule has 35 heavy (non-hydrogen) atoms. The minimum Gasteiger partial charge on any atom is -0.378 e. The van der Waals surface area contributed by atoms with Crippen LogP contribution in [0.4, 0.5) is 15.9 Å². The summed E-state index contributed by atoms with van der Waals surface area (Å²) < 4.78 is 15.6. The summed E-state index contributed by atoms with van der Waals surface area (Å²) in [6.45, 7) is 3.26. The molecule has 0 aliphatic carbocycles. The molecule has 0 unspecified atom stereocenters. The van der Waals surface area contributed by atoms with E-state index in [1.54, 1.807) is 41.3 Å². The van der Waals surface area contributed by atoms with Crippen molar-refractivity contribution < 1.29 is 14.3 Å². The van der Waals surface area contributed by atoms with E-state index in [1.807, 2.05) is 37.3 Å². The van der Waals surface area contributed by atoms with Gasteiger partial charge in [-0.15, -0.1) is 0 Å². The average Bonchev–Trinajstić information content (AvgIpc) is 3.23. The Labute approximate surface area is 210 Å². The third kappa shape index (κ3) is 5.08. The number of fused-ring (bicyclic) bond motifs is 1. The van der Waals surface area contributed by atoms with Gasteiger partial charge in [0.15, 0.2) is 6.10 Å². The molecule has 1 aliphatic heterocycles. The number of aryl methyl sites for hydroxylation is 1. The van der Waals surface area contributed by atoms with Gasteiger partial charge in [-0.3, -0.25) is 4.79 Å². The van der Waals surface area contributed by atoms with Crippen molar-refractivity contribution in [2.75, 3.05) is 11.9 Å². The largest absolute Gasteiger partial charge is 0.378 e. The van der Waals surface area contributed by atoms with Crippen LogP contribution in [0.5, 0.6) is 0 Å².